The molecule has 0 unspecified atom stereocenters. The fourth-order valence-corrected chi connectivity index (χ4v) is 4.17. The quantitative estimate of drug-likeness (QED) is 0.580. The molecule has 0 amide bonds. The highest BCUT2D eigenvalue weighted by molar-refractivity contribution is 6.30. The van der Waals surface area contributed by atoms with Crippen molar-refractivity contribution in [2.75, 3.05) is 36.4 Å². The maximum Gasteiger partial charge on any atom is 0.134 e. The molecule has 0 aliphatic carbocycles. The van der Waals surface area contributed by atoms with Crippen LogP contribution in [0.4, 0.5) is 11.5 Å². The Morgan fingerprint density at radius 3 is 2.66 bits per heavy atom. The molecular weight excluding hydrogens is 418 g/mol. The number of halogens is 1. The Bertz CT molecular complexity index is 1060. The van der Waals surface area contributed by atoms with E-state index in [-0.39, 0.29) is 0 Å². The molecule has 6 heteroatoms. The van der Waals surface area contributed by atoms with Gasteiger partial charge in [-0.05, 0) is 55.3 Å². The van der Waals surface area contributed by atoms with E-state index in [0.717, 1.165) is 71.8 Å². The molecule has 166 valence electrons. The van der Waals surface area contributed by atoms with Gasteiger partial charge in [-0.3, -0.25) is 4.99 Å². The predicted octanol–water partition coefficient (Wildman–Crippen LogP) is 5.66. The maximum absolute atomic E-state index is 6.08. The van der Waals surface area contributed by atoms with Gasteiger partial charge in [0.15, 0.2) is 0 Å². The van der Waals surface area contributed by atoms with E-state index in [1.54, 1.807) is 0 Å². The molecule has 32 heavy (non-hydrogen) atoms. The molecule has 5 nitrogen and oxygen atoms in total. The van der Waals surface area contributed by atoms with E-state index in [0.29, 0.717) is 6.54 Å². The molecule has 0 bridgehead atoms. The van der Waals surface area contributed by atoms with E-state index in [4.69, 9.17) is 16.6 Å². The van der Waals surface area contributed by atoms with Gasteiger partial charge in [-0.1, -0.05) is 42.8 Å². The zero-order chi connectivity index (χ0) is 22.5. The number of nitrogens with one attached hydrogen (secondary N) is 1. The first kappa shape index (κ1) is 22.2. The minimum Gasteiger partial charge on any atom is -0.368 e. The number of amidine groups is 1. The number of anilines is 2. The summed E-state index contributed by atoms with van der Waals surface area (Å²) in [6.07, 6.45) is 9.40. The monoisotopic (exact) mass is 447 g/mol. The average Bonchev–Trinajstić information content (AvgIpc) is 2.84. The summed E-state index contributed by atoms with van der Waals surface area (Å²) in [4.78, 5) is 14.1. The Hall–Kier alpha value is -3.05. The number of piperazine rings is 1. The van der Waals surface area contributed by atoms with Crippen LogP contribution in [-0.2, 0) is 6.54 Å². The van der Waals surface area contributed by atoms with Crippen LogP contribution in [0.25, 0.3) is 0 Å². The lowest BCUT2D eigenvalue weighted by molar-refractivity contribution is 0.330. The van der Waals surface area contributed by atoms with Gasteiger partial charge in [0, 0.05) is 54.3 Å². The van der Waals surface area contributed by atoms with Crippen LogP contribution in [0.1, 0.15) is 31.4 Å². The van der Waals surface area contributed by atoms with Crippen molar-refractivity contribution in [3.63, 3.8) is 0 Å². The van der Waals surface area contributed by atoms with Crippen LogP contribution in [0.15, 0.2) is 77.6 Å². The van der Waals surface area contributed by atoms with Gasteiger partial charge in [0.2, 0.25) is 0 Å². The first-order valence-electron chi connectivity index (χ1n) is 11.2. The Kier molecular flexibility index (Phi) is 6.96. The van der Waals surface area contributed by atoms with Gasteiger partial charge < -0.3 is 15.1 Å². The van der Waals surface area contributed by atoms with Crippen molar-refractivity contribution in [2.24, 2.45) is 4.99 Å². The van der Waals surface area contributed by atoms with Crippen LogP contribution in [0, 0.1) is 0 Å². The first-order chi connectivity index (χ1) is 15.6. The molecule has 2 aliphatic heterocycles. The normalized spacial score (nSPS) is 16.6. The van der Waals surface area contributed by atoms with E-state index < -0.39 is 0 Å². The summed E-state index contributed by atoms with van der Waals surface area (Å²) in [6, 6.07) is 10.0. The highest BCUT2D eigenvalue weighted by Crippen LogP contribution is 2.26. The lowest BCUT2D eigenvalue weighted by atomic mass is 10.1. The zero-order valence-corrected chi connectivity index (χ0v) is 19.6. The molecule has 0 spiro atoms. The molecule has 2 aromatic rings. The Morgan fingerprint density at radius 1 is 1.16 bits per heavy atom. The Labute approximate surface area is 195 Å². The highest BCUT2D eigenvalue weighted by Gasteiger charge is 2.19. The molecule has 4 rings (SSSR count). The third kappa shape index (κ3) is 5.05. The summed E-state index contributed by atoms with van der Waals surface area (Å²) >= 11 is 6.08. The van der Waals surface area contributed by atoms with Crippen molar-refractivity contribution in [2.45, 2.75) is 26.8 Å². The zero-order valence-electron chi connectivity index (χ0n) is 18.8. The van der Waals surface area contributed by atoms with Crippen LogP contribution in [-0.4, -0.2) is 41.9 Å². The molecule has 1 aromatic heterocycles. The van der Waals surface area contributed by atoms with E-state index >= 15 is 0 Å². The summed E-state index contributed by atoms with van der Waals surface area (Å²) in [5, 5.41) is 4.13. The van der Waals surface area contributed by atoms with Crippen LogP contribution >= 0.6 is 11.6 Å². The fourth-order valence-electron chi connectivity index (χ4n) is 3.97. The second-order valence-corrected chi connectivity index (χ2v) is 8.45. The van der Waals surface area contributed by atoms with Crippen molar-refractivity contribution in [1.29, 1.82) is 0 Å². The molecular formula is C26H30ClN5. The molecule has 0 saturated carbocycles. The molecule has 2 aliphatic rings. The number of allylic oxidation sites excluding steroid dienone is 4. The number of aliphatic imine (C=N–C) groups is 1. The lowest BCUT2D eigenvalue weighted by Gasteiger charge is -2.37. The summed E-state index contributed by atoms with van der Waals surface area (Å²) in [5.41, 5.74) is 5.55. The first-order valence-corrected chi connectivity index (χ1v) is 11.5. The average molecular weight is 448 g/mol. The number of benzene rings is 1. The summed E-state index contributed by atoms with van der Waals surface area (Å²) in [6.45, 7) is 12.9. The van der Waals surface area contributed by atoms with Gasteiger partial charge in [0.25, 0.3) is 0 Å². The Balaban J connectivity index is 1.34. The highest BCUT2D eigenvalue weighted by atomic mass is 35.5. The Morgan fingerprint density at radius 2 is 1.97 bits per heavy atom. The van der Waals surface area contributed by atoms with E-state index in [1.165, 1.54) is 5.57 Å². The summed E-state index contributed by atoms with van der Waals surface area (Å²) < 4.78 is 0. The number of rotatable bonds is 6. The third-order valence-electron chi connectivity index (χ3n) is 6.03. The van der Waals surface area contributed by atoms with Crippen LogP contribution in [0.3, 0.4) is 0 Å². The largest absolute Gasteiger partial charge is 0.368 e. The van der Waals surface area contributed by atoms with Crippen LogP contribution < -0.4 is 10.2 Å². The standard InChI is InChI=1S/C26H30ClN5/c1-4-20(5-2)7-6-19(3)31-12-14-32(15-13-31)25-11-8-21(17-28-25)26-29-18-22-16-23(27)9-10-24(22)30-26/h4,6-11,16-17H,3,5,12-15,18H2,1-2H3,(H,29,30)/b7-6-,20-4-. The SMILES string of the molecule is C=C(/C=C\C(=C/C)CC)N1CCN(c2ccc(C3=NCc4cc(Cl)ccc4N3)cn2)CC1. The van der Waals surface area contributed by atoms with Gasteiger partial charge in [0.1, 0.15) is 11.7 Å². The topological polar surface area (TPSA) is 43.8 Å². The smallest absolute Gasteiger partial charge is 0.134 e. The van der Waals surface area contributed by atoms with Gasteiger partial charge in [-0.2, -0.15) is 0 Å². The van der Waals surface area contributed by atoms with Crippen molar-refractivity contribution < 1.29 is 0 Å². The minimum atomic E-state index is 0.619. The molecule has 3 heterocycles. The van der Waals surface area contributed by atoms with Gasteiger partial charge in [-0.25, -0.2) is 4.98 Å². The molecule has 0 atom stereocenters. The number of hydrogen-bond acceptors (Lipinski definition) is 5. The number of pyridine rings is 1. The van der Waals surface area contributed by atoms with E-state index in [9.17, 15) is 0 Å². The van der Waals surface area contributed by atoms with Crippen LogP contribution in [0.2, 0.25) is 5.02 Å². The molecule has 0 radical (unpaired) electrons. The molecule has 1 fully saturated rings. The molecule has 1 N–H and O–H groups in total. The van der Waals surface area contributed by atoms with Crippen LogP contribution in [0.5, 0.6) is 0 Å². The number of nitrogens with zero attached hydrogens (tertiary/aromatic N) is 4. The number of hydrogen-bond donors (Lipinski definition) is 1. The second-order valence-electron chi connectivity index (χ2n) is 8.01. The van der Waals surface area contributed by atoms with E-state index in [2.05, 4.69) is 70.9 Å². The molecule has 1 aromatic carbocycles. The lowest BCUT2D eigenvalue weighted by Crippen LogP contribution is -2.45. The van der Waals surface area contributed by atoms with Crippen molar-refractivity contribution in [1.82, 2.24) is 9.88 Å². The number of fused-ring (bicyclic) bond motifs is 1. The third-order valence-corrected chi connectivity index (χ3v) is 6.26. The number of aromatic nitrogens is 1. The van der Waals surface area contributed by atoms with Crippen molar-refractivity contribution in [3.8, 4) is 0 Å². The van der Waals surface area contributed by atoms with Crippen molar-refractivity contribution >= 4 is 28.9 Å². The van der Waals surface area contributed by atoms with E-state index in [1.807, 2.05) is 24.4 Å². The van der Waals surface area contributed by atoms with Gasteiger partial charge >= 0.3 is 0 Å². The predicted molar refractivity (Wildman–Crippen MR) is 136 cm³/mol. The van der Waals surface area contributed by atoms with Gasteiger partial charge in [-0.15, -0.1) is 0 Å². The summed E-state index contributed by atoms with van der Waals surface area (Å²) in [7, 11) is 0. The van der Waals surface area contributed by atoms with Crippen molar-refractivity contribution in [3.05, 3.63) is 88.8 Å². The maximum atomic E-state index is 6.08. The minimum absolute atomic E-state index is 0.619. The summed E-state index contributed by atoms with van der Waals surface area (Å²) in [5.74, 6) is 1.85. The fraction of sp³-hybridized carbons (Fsp3) is 0.308. The van der Waals surface area contributed by atoms with Gasteiger partial charge in [0.05, 0.1) is 6.54 Å². The molecule has 1 saturated heterocycles. The second kappa shape index (κ2) is 10.0.